The zero-order chi connectivity index (χ0) is 13.1. The molecule has 2 saturated carbocycles. The van der Waals surface area contributed by atoms with Crippen LogP contribution < -0.4 is 11.1 Å². The summed E-state index contributed by atoms with van der Waals surface area (Å²) in [4.78, 5) is 12.4. The van der Waals surface area contributed by atoms with Crippen LogP contribution in [0.1, 0.15) is 47.5 Å². The largest absolute Gasteiger partial charge is 0.349 e. The first-order valence-electron chi connectivity index (χ1n) is 6.69. The molecule has 1 amide bonds. The van der Waals surface area contributed by atoms with Gasteiger partial charge >= 0.3 is 0 Å². The van der Waals surface area contributed by atoms with E-state index in [1.807, 2.05) is 0 Å². The summed E-state index contributed by atoms with van der Waals surface area (Å²) in [6.45, 7) is 11.3. The van der Waals surface area contributed by atoms with Gasteiger partial charge in [-0.3, -0.25) is 4.79 Å². The molecule has 4 heteroatoms. The van der Waals surface area contributed by atoms with Crippen LogP contribution in [-0.4, -0.2) is 18.0 Å². The van der Waals surface area contributed by atoms with Gasteiger partial charge in [0.25, 0.3) is 0 Å². The van der Waals surface area contributed by atoms with Crippen molar-refractivity contribution in [3.63, 3.8) is 0 Å². The normalized spacial score (nSPS) is 27.9. The third-order valence-electron chi connectivity index (χ3n) is 5.59. The highest BCUT2D eigenvalue weighted by atomic mass is 35.5. The van der Waals surface area contributed by atoms with E-state index in [0.29, 0.717) is 12.5 Å². The lowest BCUT2D eigenvalue weighted by Crippen LogP contribution is -2.54. The summed E-state index contributed by atoms with van der Waals surface area (Å²) in [5.74, 6) is 0.904. The van der Waals surface area contributed by atoms with Crippen molar-refractivity contribution in [2.75, 3.05) is 6.54 Å². The van der Waals surface area contributed by atoms with Gasteiger partial charge in [-0.2, -0.15) is 0 Å². The summed E-state index contributed by atoms with van der Waals surface area (Å²) in [7, 11) is 0. The standard InChI is InChI=1S/C14H26N2O.ClH/c1-12(2)10(13(12,3)4)11(17)16-14(5,8-15)9-6-7-9;/h9-10H,6-8,15H2,1-5H3,(H,16,17);1H. The van der Waals surface area contributed by atoms with Gasteiger partial charge in [-0.05, 0) is 36.5 Å². The van der Waals surface area contributed by atoms with Gasteiger partial charge in [-0.15, -0.1) is 12.4 Å². The maximum absolute atomic E-state index is 12.4. The smallest absolute Gasteiger partial charge is 0.224 e. The van der Waals surface area contributed by atoms with E-state index in [-0.39, 0.29) is 40.6 Å². The second-order valence-corrected chi connectivity index (χ2v) is 7.26. The first kappa shape index (κ1) is 15.8. The molecule has 0 saturated heterocycles. The van der Waals surface area contributed by atoms with E-state index >= 15 is 0 Å². The second-order valence-electron chi connectivity index (χ2n) is 7.26. The number of carbonyl (C=O) groups is 1. The Hall–Kier alpha value is -0.280. The summed E-state index contributed by atoms with van der Waals surface area (Å²) < 4.78 is 0. The molecule has 2 rings (SSSR count). The molecule has 0 bridgehead atoms. The van der Waals surface area contributed by atoms with Crippen molar-refractivity contribution in [1.29, 1.82) is 0 Å². The molecule has 106 valence electrons. The average Bonchev–Trinajstić information content (AvgIpc) is 3.04. The van der Waals surface area contributed by atoms with Crippen molar-refractivity contribution in [2.24, 2.45) is 28.4 Å². The van der Waals surface area contributed by atoms with Crippen LogP contribution in [0.25, 0.3) is 0 Å². The van der Waals surface area contributed by atoms with E-state index in [4.69, 9.17) is 5.73 Å². The lowest BCUT2D eigenvalue weighted by Gasteiger charge is -2.30. The first-order chi connectivity index (χ1) is 7.67. The maximum atomic E-state index is 12.4. The Labute approximate surface area is 117 Å². The molecule has 0 aromatic rings. The fraction of sp³-hybridized carbons (Fsp3) is 0.929. The number of carbonyl (C=O) groups excluding carboxylic acids is 1. The van der Waals surface area contributed by atoms with Gasteiger partial charge in [-0.25, -0.2) is 0 Å². The van der Waals surface area contributed by atoms with Crippen molar-refractivity contribution in [1.82, 2.24) is 5.32 Å². The molecule has 0 spiro atoms. The summed E-state index contributed by atoms with van der Waals surface area (Å²) in [5.41, 5.74) is 5.86. The zero-order valence-corrected chi connectivity index (χ0v) is 13.0. The van der Waals surface area contributed by atoms with Crippen molar-refractivity contribution < 1.29 is 4.79 Å². The number of hydrogen-bond donors (Lipinski definition) is 2. The number of rotatable bonds is 4. The molecule has 0 heterocycles. The highest BCUT2D eigenvalue weighted by molar-refractivity contribution is 5.85. The molecule has 0 radical (unpaired) electrons. The van der Waals surface area contributed by atoms with Crippen LogP contribution in [0, 0.1) is 22.7 Å². The topological polar surface area (TPSA) is 55.1 Å². The highest BCUT2D eigenvalue weighted by Crippen LogP contribution is 2.68. The minimum Gasteiger partial charge on any atom is -0.349 e. The molecule has 2 fully saturated rings. The van der Waals surface area contributed by atoms with E-state index < -0.39 is 0 Å². The fourth-order valence-corrected chi connectivity index (χ4v) is 3.25. The minimum atomic E-state index is -0.189. The van der Waals surface area contributed by atoms with E-state index in [1.165, 1.54) is 12.8 Å². The van der Waals surface area contributed by atoms with Gasteiger partial charge in [0.2, 0.25) is 5.91 Å². The third kappa shape index (κ3) is 2.16. The first-order valence-corrected chi connectivity index (χ1v) is 6.69. The van der Waals surface area contributed by atoms with Gasteiger partial charge in [0.15, 0.2) is 0 Å². The monoisotopic (exact) mass is 274 g/mol. The predicted molar refractivity (Wildman–Crippen MR) is 76.6 cm³/mol. The Morgan fingerprint density at radius 1 is 1.28 bits per heavy atom. The molecule has 3 N–H and O–H groups in total. The summed E-state index contributed by atoms with van der Waals surface area (Å²) >= 11 is 0. The third-order valence-corrected chi connectivity index (χ3v) is 5.59. The van der Waals surface area contributed by atoms with E-state index in [0.717, 1.165) is 0 Å². The van der Waals surface area contributed by atoms with E-state index in [1.54, 1.807) is 0 Å². The molecule has 2 aliphatic carbocycles. The quantitative estimate of drug-likeness (QED) is 0.827. The van der Waals surface area contributed by atoms with E-state index in [9.17, 15) is 4.79 Å². The van der Waals surface area contributed by atoms with Crippen LogP contribution in [0.15, 0.2) is 0 Å². The SMILES string of the molecule is CC(CN)(NC(=O)C1C(C)(C)C1(C)C)C1CC1.Cl. The van der Waals surface area contributed by atoms with Gasteiger partial charge in [0.1, 0.15) is 0 Å². The van der Waals surface area contributed by atoms with Crippen LogP contribution in [0.3, 0.4) is 0 Å². The van der Waals surface area contributed by atoms with Crippen molar-refractivity contribution in [2.45, 2.75) is 53.0 Å². The lowest BCUT2D eigenvalue weighted by atomic mass is 9.95. The Balaban J connectivity index is 0.00000162. The summed E-state index contributed by atoms with van der Waals surface area (Å²) in [5, 5.41) is 3.21. The maximum Gasteiger partial charge on any atom is 0.224 e. The number of nitrogens with two attached hydrogens (primary N) is 1. The Kier molecular flexibility index (Phi) is 3.84. The molecule has 0 aromatic carbocycles. The van der Waals surface area contributed by atoms with E-state index in [2.05, 4.69) is 39.9 Å². The van der Waals surface area contributed by atoms with Crippen LogP contribution >= 0.6 is 12.4 Å². The Bertz CT molecular complexity index is 336. The Morgan fingerprint density at radius 2 is 1.72 bits per heavy atom. The average molecular weight is 275 g/mol. The molecule has 1 atom stereocenters. The van der Waals surface area contributed by atoms with Crippen LogP contribution in [-0.2, 0) is 4.79 Å². The summed E-state index contributed by atoms with van der Waals surface area (Å²) in [6.07, 6.45) is 2.40. The van der Waals surface area contributed by atoms with Gasteiger partial charge in [0, 0.05) is 12.5 Å². The van der Waals surface area contributed by atoms with Gasteiger partial charge < -0.3 is 11.1 Å². The van der Waals surface area contributed by atoms with Crippen molar-refractivity contribution >= 4 is 18.3 Å². The number of amides is 1. The highest BCUT2D eigenvalue weighted by Gasteiger charge is 2.68. The second kappa shape index (κ2) is 4.38. The van der Waals surface area contributed by atoms with Crippen molar-refractivity contribution in [3.05, 3.63) is 0 Å². The molecular formula is C14H27ClN2O. The molecule has 2 aliphatic rings. The molecular weight excluding hydrogens is 248 g/mol. The van der Waals surface area contributed by atoms with Crippen molar-refractivity contribution in [3.8, 4) is 0 Å². The Morgan fingerprint density at radius 3 is 2.00 bits per heavy atom. The number of hydrogen-bond acceptors (Lipinski definition) is 2. The zero-order valence-electron chi connectivity index (χ0n) is 12.2. The predicted octanol–water partition coefficient (Wildman–Crippen LogP) is 2.33. The lowest BCUT2D eigenvalue weighted by molar-refractivity contribution is -0.125. The van der Waals surface area contributed by atoms with Crippen LogP contribution in [0.2, 0.25) is 0 Å². The fourth-order valence-electron chi connectivity index (χ4n) is 3.25. The van der Waals surface area contributed by atoms with Crippen LogP contribution in [0.4, 0.5) is 0 Å². The number of nitrogens with one attached hydrogen (secondary N) is 1. The minimum absolute atomic E-state index is 0. The molecule has 18 heavy (non-hydrogen) atoms. The van der Waals surface area contributed by atoms with Crippen LogP contribution in [0.5, 0.6) is 0 Å². The number of halogens is 1. The molecule has 0 aromatic heterocycles. The molecule has 1 unspecified atom stereocenters. The molecule has 3 nitrogen and oxygen atoms in total. The molecule has 0 aliphatic heterocycles. The van der Waals surface area contributed by atoms with Gasteiger partial charge in [0.05, 0.1) is 5.54 Å². The summed E-state index contributed by atoms with van der Waals surface area (Å²) in [6, 6.07) is 0. The van der Waals surface area contributed by atoms with Gasteiger partial charge in [-0.1, -0.05) is 27.7 Å².